The molecule has 0 aliphatic rings. The van der Waals surface area contributed by atoms with Crippen LogP contribution in [0.4, 0.5) is 35.1 Å². The van der Waals surface area contributed by atoms with E-state index in [1.54, 1.807) is 0 Å². The van der Waals surface area contributed by atoms with E-state index in [1.807, 2.05) is 13.8 Å². The van der Waals surface area contributed by atoms with E-state index in [9.17, 15) is 35.1 Å². The molecule has 2 rings (SSSR count). The van der Waals surface area contributed by atoms with E-state index in [4.69, 9.17) is 0 Å². The fraction of sp³-hybridized carbons (Fsp3) is 0.294. The van der Waals surface area contributed by atoms with Gasteiger partial charge in [0.05, 0.1) is 20.9 Å². The van der Waals surface area contributed by atoms with Crippen molar-refractivity contribution in [2.24, 2.45) is 0 Å². The van der Waals surface area contributed by atoms with E-state index in [2.05, 4.69) is 12.6 Å². The van der Waals surface area contributed by atoms with E-state index in [1.165, 1.54) is 13.8 Å². The lowest BCUT2D eigenvalue weighted by molar-refractivity contribution is 0.415. The molecule has 10 heteroatoms. The molecule has 0 N–H and O–H groups in total. The molecular formula is C17H14F8S2. The highest BCUT2D eigenvalue weighted by Gasteiger charge is 2.33. The summed E-state index contributed by atoms with van der Waals surface area (Å²) < 4.78 is 111. The Kier molecular flexibility index (Phi) is 8.03. The second kappa shape index (κ2) is 9.18. The molecule has 0 aliphatic carbocycles. The molecule has 150 valence electrons. The zero-order valence-corrected chi connectivity index (χ0v) is 16.2. The first-order valence-electron chi connectivity index (χ1n) is 7.58. The van der Waals surface area contributed by atoms with Crippen molar-refractivity contribution in [1.82, 2.24) is 0 Å². The summed E-state index contributed by atoms with van der Waals surface area (Å²) in [4.78, 5) is -2.44. The second-order valence-corrected chi connectivity index (χ2v) is 7.14. The Balaban J connectivity index is 0.00000176. The van der Waals surface area contributed by atoms with Gasteiger partial charge in [0.15, 0.2) is 46.5 Å². The Morgan fingerprint density at radius 3 is 1.19 bits per heavy atom. The Bertz CT molecular complexity index is 807. The van der Waals surface area contributed by atoms with Crippen molar-refractivity contribution in [3.63, 3.8) is 0 Å². The van der Waals surface area contributed by atoms with Crippen LogP contribution in [0.25, 0.3) is 11.1 Å². The minimum atomic E-state index is -2.23. The van der Waals surface area contributed by atoms with Gasteiger partial charge < -0.3 is 0 Å². The smallest absolute Gasteiger partial charge is 0.176 e. The molecule has 2 aromatic carbocycles. The molecule has 0 saturated heterocycles. The lowest BCUT2D eigenvalue weighted by atomic mass is 10.0. The molecule has 0 unspecified atom stereocenters. The van der Waals surface area contributed by atoms with Gasteiger partial charge in [-0.3, -0.25) is 0 Å². The normalized spacial score (nSPS) is 10.9. The van der Waals surface area contributed by atoms with E-state index in [0.29, 0.717) is 11.8 Å². The lowest BCUT2D eigenvalue weighted by Gasteiger charge is -2.15. The van der Waals surface area contributed by atoms with E-state index < -0.39 is 72.7 Å². The summed E-state index contributed by atoms with van der Waals surface area (Å²) >= 11 is 3.61. The van der Waals surface area contributed by atoms with E-state index in [0.717, 1.165) is 0 Å². The molecular weight excluding hydrogens is 420 g/mol. The van der Waals surface area contributed by atoms with Crippen molar-refractivity contribution in [2.45, 2.75) is 42.7 Å². The molecule has 0 aromatic heterocycles. The summed E-state index contributed by atoms with van der Waals surface area (Å²) in [6.45, 7) is 6.95. The van der Waals surface area contributed by atoms with Crippen LogP contribution in [0, 0.1) is 46.5 Å². The largest absolute Gasteiger partial charge is 0.203 e. The standard InChI is InChI=1S/C15H8F8S2.C2H6/c1-3(2)25-15-12(22)8(18)5(9(19)13(15)23)4-6(16)10(20)14(24)11(21)7(4)17;1-2/h3,24H,1-2H3;1-2H3. The van der Waals surface area contributed by atoms with Gasteiger partial charge in [-0.05, 0) is 0 Å². The maximum atomic E-state index is 14.2. The van der Waals surface area contributed by atoms with Crippen LogP contribution in [-0.4, -0.2) is 5.25 Å². The number of rotatable bonds is 3. The summed E-state index contributed by atoms with van der Waals surface area (Å²) in [6.07, 6.45) is 0. The number of hydrogen-bond donors (Lipinski definition) is 1. The van der Waals surface area contributed by atoms with Crippen molar-refractivity contribution >= 4 is 24.4 Å². The third-order valence-electron chi connectivity index (χ3n) is 3.07. The number of halogens is 8. The molecule has 0 amide bonds. The van der Waals surface area contributed by atoms with Crippen LogP contribution < -0.4 is 0 Å². The minimum Gasteiger partial charge on any atom is -0.203 e. The van der Waals surface area contributed by atoms with Gasteiger partial charge in [0, 0.05) is 5.25 Å². The average Bonchev–Trinajstić information content (AvgIpc) is 2.64. The number of thioether (sulfide) groups is 1. The predicted molar refractivity (Wildman–Crippen MR) is 91.1 cm³/mol. The molecule has 27 heavy (non-hydrogen) atoms. The third kappa shape index (κ3) is 4.21. The van der Waals surface area contributed by atoms with Crippen molar-refractivity contribution in [2.75, 3.05) is 0 Å². The highest BCUT2D eigenvalue weighted by atomic mass is 32.2. The summed E-state index contributed by atoms with van der Waals surface area (Å²) in [7, 11) is 0. The Labute approximate surface area is 160 Å². The van der Waals surface area contributed by atoms with Gasteiger partial charge in [-0.15, -0.1) is 24.4 Å². The van der Waals surface area contributed by atoms with Crippen molar-refractivity contribution < 1.29 is 35.1 Å². The third-order valence-corrected chi connectivity index (χ3v) is 4.53. The monoisotopic (exact) mass is 434 g/mol. The molecule has 0 heterocycles. The van der Waals surface area contributed by atoms with Crippen LogP contribution in [0.1, 0.15) is 27.7 Å². The van der Waals surface area contributed by atoms with Gasteiger partial charge in [-0.25, -0.2) is 35.1 Å². The highest BCUT2D eigenvalue weighted by molar-refractivity contribution is 7.99. The van der Waals surface area contributed by atoms with E-state index >= 15 is 0 Å². The van der Waals surface area contributed by atoms with Crippen LogP contribution >= 0.6 is 24.4 Å². The second-order valence-electron chi connectivity index (χ2n) is 5.11. The fourth-order valence-electron chi connectivity index (χ4n) is 2.01. The Hall–Kier alpha value is -1.42. The minimum absolute atomic E-state index is 0.423. The summed E-state index contributed by atoms with van der Waals surface area (Å²) in [5, 5.41) is -0.486. The zero-order chi connectivity index (χ0) is 21.2. The Morgan fingerprint density at radius 1 is 0.593 bits per heavy atom. The molecule has 0 aliphatic heterocycles. The Morgan fingerprint density at radius 2 is 0.889 bits per heavy atom. The van der Waals surface area contributed by atoms with Gasteiger partial charge in [-0.2, -0.15) is 0 Å². The number of thiol groups is 1. The number of benzene rings is 2. The lowest BCUT2D eigenvalue weighted by Crippen LogP contribution is -2.09. The zero-order valence-electron chi connectivity index (χ0n) is 14.5. The van der Waals surface area contributed by atoms with Crippen LogP contribution in [0.15, 0.2) is 9.79 Å². The molecule has 0 fully saturated rings. The van der Waals surface area contributed by atoms with Crippen molar-refractivity contribution in [1.29, 1.82) is 0 Å². The summed E-state index contributed by atoms with van der Waals surface area (Å²) in [6, 6.07) is 0. The van der Waals surface area contributed by atoms with Gasteiger partial charge in [0.2, 0.25) is 0 Å². The topological polar surface area (TPSA) is 0 Å². The van der Waals surface area contributed by atoms with Crippen LogP contribution in [0.5, 0.6) is 0 Å². The van der Waals surface area contributed by atoms with Crippen LogP contribution in [0.3, 0.4) is 0 Å². The predicted octanol–water partition coefficient (Wildman–Crippen LogP) is 7.28. The summed E-state index contributed by atoms with van der Waals surface area (Å²) in [5.41, 5.74) is -3.79. The molecule has 0 atom stereocenters. The van der Waals surface area contributed by atoms with Gasteiger partial charge in [0.1, 0.15) is 0 Å². The molecule has 0 nitrogen and oxygen atoms in total. The molecule has 0 bridgehead atoms. The van der Waals surface area contributed by atoms with Gasteiger partial charge in [0.25, 0.3) is 0 Å². The average molecular weight is 434 g/mol. The molecule has 0 saturated carbocycles. The van der Waals surface area contributed by atoms with Gasteiger partial charge in [-0.1, -0.05) is 27.7 Å². The molecule has 0 radical (unpaired) electrons. The molecule has 0 spiro atoms. The van der Waals surface area contributed by atoms with Crippen molar-refractivity contribution in [3.8, 4) is 11.1 Å². The van der Waals surface area contributed by atoms with Crippen LogP contribution in [-0.2, 0) is 0 Å². The van der Waals surface area contributed by atoms with Gasteiger partial charge >= 0.3 is 0 Å². The maximum Gasteiger partial charge on any atom is 0.176 e. The SMILES string of the molecule is CC.CC(C)Sc1c(F)c(F)c(-c2c(F)c(F)c(S)c(F)c2F)c(F)c1F. The fourth-order valence-corrected chi connectivity index (χ4v) is 3.06. The first-order chi connectivity index (χ1) is 12.5. The molecule has 2 aromatic rings. The first kappa shape index (κ1) is 23.6. The summed E-state index contributed by atoms with van der Waals surface area (Å²) in [5.74, 6) is -16.8. The van der Waals surface area contributed by atoms with Crippen molar-refractivity contribution in [3.05, 3.63) is 46.5 Å². The quantitative estimate of drug-likeness (QED) is 0.229. The van der Waals surface area contributed by atoms with Crippen LogP contribution in [0.2, 0.25) is 0 Å². The first-order valence-corrected chi connectivity index (χ1v) is 8.91. The maximum absolute atomic E-state index is 14.2. The highest BCUT2D eigenvalue weighted by Crippen LogP contribution is 2.41. The number of hydrogen-bond acceptors (Lipinski definition) is 2. The van der Waals surface area contributed by atoms with E-state index in [-0.39, 0.29) is 0 Å².